The van der Waals surface area contributed by atoms with Crippen LogP contribution in [0.5, 0.6) is 0 Å². The van der Waals surface area contributed by atoms with E-state index in [0.29, 0.717) is 6.29 Å². The molecule has 0 aliphatic carbocycles. The molecule has 0 saturated carbocycles. The van der Waals surface area contributed by atoms with Crippen LogP contribution in [0.4, 0.5) is 0 Å². The van der Waals surface area contributed by atoms with E-state index in [-0.39, 0.29) is 30.8 Å². The Bertz CT molecular complexity index is 531. The molecule has 0 aliphatic heterocycles. The molecule has 5 heteroatoms. The van der Waals surface area contributed by atoms with Crippen molar-refractivity contribution >= 4 is 18.2 Å². The van der Waals surface area contributed by atoms with Gasteiger partial charge in [0.15, 0.2) is 0 Å². The fourth-order valence-corrected chi connectivity index (χ4v) is 1.71. The SMILES string of the molecule is CC(=O)O/C(C)=C(/CCC=O)C(=O)OCc1ccccc1. The van der Waals surface area contributed by atoms with Crippen LogP contribution in [-0.4, -0.2) is 18.2 Å². The number of carbonyl (C=O) groups excluding carboxylic acids is 3. The minimum absolute atomic E-state index is 0.123. The number of benzene rings is 1. The maximum atomic E-state index is 12.1. The molecule has 0 amide bonds. The summed E-state index contributed by atoms with van der Waals surface area (Å²) in [6.45, 7) is 2.87. The molecule has 1 rings (SSSR count). The number of ether oxygens (including phenoxy) is 2. The number of hydrogen-bond donors (Lipinski definition) is 0. The second-order valence-electron chi connectivity index (χ2n) is 4.40. The van der Waals surface area contributed by atoms with Crippen molar-refractivity contribution in [3.8, 4) is 0 Å². The summed E-state index contributed by atoms with van der Waals surface area (Å²) in [4.78, 5) is 33.5. The molecular weight excluding hydrogens is 272 g/mol. The van der Waals surface area contributed by atoms with E-state index in [1.807, 2.05) is 30.3 Å². The zero-order chi connectivity index (χ0) is 15.7. The average Bonchev–Trinajstić information content (AvgIpc) is 2.46. The van der Waals surface area contributed by atoms with Gasteiger partial charge in [-0.05, 0) is 18.9 Å². The number of hydrogen-bond acceptors (Lipinski definition) is 5. The van der Waals surface area contributed by atoms with Gasteiger partial charge in [-0.15, -0.1) is 0 Å². The lowest BCUT2D eigenvalue weighted by Gasteiger charge is -2.11. The van der Waals surface area contributed by atoms with Crippen LogP contribution in [-0.2, 0) is 30.5 Å². The molecule has 0 bridgehead atoms. The maximum Gasteiger partial charge on any atom is 0.337 e. The van der Waals surface area contributed by atoms with Crippen molar-refractivity contribution in [2.45, 2.75) is 33.3 Å². The minimum Gasteiger partial charge on any atom is -0.457 e. The van der Waals surface area contributed by atoms with Crippen LogP contribution in [0.2, 0.25) is 0 Å². The van der Waals surface area contributed by atoms with E-state index >= 15 is 0 Å². The van der Waals surface area contributed by atoms with Crippen LogP contribution in [0.25, 0.3) is 0 Å². The zero-order valence-electron chi connectivity index (χ0n) is 12.1. The quantitative estimate of drug-likeness (QED) is 0.334. The summed E-state index contributed by atoms with van der Waals surface area (Å²) in [6, 6.07) is 9.22. The van der Waals surface area contributed by atoms with Crippen LogP contribution in [0, 0.1) is 0 Å². The summed E-state index contributed by atoms with van der Waals surface area (Å²) in [5, 5.41) is 0. The minimum atomic E-state index is -0.584. The van der Waals surface area contributed by atoms with Gasteiger partial charge in [0.2, 0.25) is 0 Å². The molecule has 112 valence electrons. The van der Waals surface area contributed by atoms with Crippen molar-refractivity contribution in [3.63, 3.8) is 0 Å². The van der Waals surface area contributed by atoms with Gasteiger partial charge in [-0.25, -0.2) is 4.79 Å². The van der Waals surface area contributed by atoms with Gasteiger partial charge in [0, 0.05) is 13.3 Å². The Morgan fingerprint density at radius 2 is 1.81 bits per heavy atom. The van der Waals surface area contributed by atoms with E-state index in [1.165, 1.54) is 13.8 Å². The standard InChI is InChI=1S/C16H18O5/c1-12(21-13(2)18)15(9-6-10-17)16(19)20-11-14-7-4-3-5-8-14/h3-5,7-8,10H,6,9,11H2,1-2H3/b15-12-. The van der Waals surface area contributed by atoms with Gasteiger partial charge in [-0.3, -0.25) is 4.79 Å². The molecule has 0 aromatic heterocycles. The third-order valence-corrected chi connectivity index (χ3v) is 2.69. The van der Waals surface area contributed by atoms with Crippen molar-refractivity contribution in [2.75, 3.05) is 0 Å². The van der Waals surface area contributed by atoms with E-state index in [4.69, 9.17) is 9.47 Å². The fraction of sp³-hybridized carbons (Fsp3) is 0.312. The van der Waals surface area contributed by atoms with Crippen molar-refractivity contribution < 1.29 is 23.9 Å². The number of allylic oxidation sites excluding steroid dienone is 1. The van der Waals surface area contributed by atoms with Gasteiger partial charge in [0.1, 0.15) is 18.7 Å². The van der Waals surface area contributed by atoms with Crippen LogP contribution in [0.3, 0.4) is 0 Å². The van der Waals surface area contributed by atoms with Gasteiger partial charge in [0.05, 0.1) is 5.57 Å². The predicted molar refractivity (Wildman–Crippen MR) is 76.0 cm³/mol. The summed E-state index contributed by atoms with van der Waals surface area (Å²) in [7, 11) is 0. The highest BCUT2D eigenvalue weighted by molar-refractivity contribution is 5.89. The topological polar surface area (TPSA) is 69.7 Å². The first kappa shape index (κ1) is 16.6. The molecule has 0 aliphatic rings. The van der Waals surface area contributed by atoms with Crippen LogP contribution >= 0.6 is 0 Å². The fourth-order valence-electron chi connectivity index (χ4n) is 1.71. The number of aldehydes is 1. The Morgan fingerprint density at radius 1 is 1.14 bits per heavy atom. The molecule has 0 heterocycles. The van der Waals surface area contributed by atoms with Gasteiger partial charge < -0.3 is 14.3 Å². The van der Waals surface area contributed by atoms with Gasteiger partial charge in [0.25, 0.3) is 0 Å². The zero-order valence-corrected chi connectivity index (χ0v) is 12.1. The van der Waals surface area contributed by atoms with Crippen molar-refractivity contribution in [1.29, 1.82) is 0 Å². The average molecular weight is 290 g/mol. The predicted octanol–water partition coefficient (Wildman–Crippen LogP) is 2.55. The largest absolute Gasteiger partial charge is 0.457 e. The highest BCUT2D eigenvalue weighted by Gasteiger charge is 2.17. The smallest absolute Gasteiger partial charge is 0.337 e. The highest BCUT2D eigenvalue weighted by Crippen LogP contribution is 2.15. The molecule has 1 aromatic rings. The monoisotopic (exact) mass is 290 g/mol. The highest BCUT2D eigenvalue weighted by atomic mass is 16.5. The lowest BCUT2D eigenvalue weighted by molar-refractivity contribution is -0.141. The molecule has 0 unspecified atom stereocenters. The summed E-state index contributed by atoms with van der Waals surface area (Å²) >= 11 is 0. The van der Waals surface area contributed by atoms with E-state index in [9.17, 15) is 14.4 Å². The molecule has 0 N–H and O–H groups in total. The normalized spacial score (nSPS) is 11.3. The lowest BCUT2D eigenvalue weighted by Crippen LogP contribution is -2.12. The molecular formula is C16H18O5. The molecule has 0 fully saturated rings. The maximum absolute atomic E-state index is 12.1. The Kier molecular flexibility index (Phi) is 6.87. The van der Waals surface area contributed by atoms with Crippen molar-refractivity contribution in [2.24, 2.45) is 0 Å². The van der Waals surface area contributed by atoms with Crippen LogP contribution < -0.4 is 0 Å². The third kappa shape index (κ3) is 6.03. The van der Waals surface area contributed by atoms with E-state index in [1.54, 1.807) is 0 Å². The Balaban J connectivity index is 2.75. The molecule has 0 radical (unpaired) electrons. The van der Waals surface area contributed by atoms with Crippen molar-refractivity contribution in [1.82, 2.24) is 0 Å². The number of carbonyl (C=O) groups is 3. The first-order valence-corrected chi connectivity index (χ1v) is 6.57. The Labute approximate surface area is 123 Å². The molecule has 21 heavy (non-hydrogen) atoms. The summed E-state index contributed by atoms with van der Waals surface area (Å²) in [6.07, 6.45) is 1.04. The third-order valence-electron chi connectivity index (χ3n) is 2.69. The summed E-state index contributed by atoms with van der Waals surface area (Å²) in [5.41, 5.74) is 1.05. The second-order valence-corrected chi connectivity index (χ2v) is 4.40. The number of rotatable bonds is 7. The van der Waals surface area contributed by atoms with E-state index in [2.05, 4.69) is 0 Å². The van der Waals surface area contributed by atoms with Crippen molar-refractivity contribution in [3.05, 3.63) is 47.2 Å². The Hall–Kier alpha value is -2.43. The summed E-state index contributed by atoms with van der Waals surface area (Å²) < 4.78 is 10.1. The van der Waals surface area contributed by atoms with Crippen LogP contribution in [0.15, 0.2) is 41.7 Å². The van der Waals surface area contributed by atoms with Crippen LogP contribution in [0.1, 0.15) is 32.3 Å². The summed E-state index contributed by atoms with van der Waals surface area (Å²) in [5.74, 6) is -0.936. The number of esters is 2. The van der Waals surface area contributed by atoms with Gasteiger partial charge in [-0.2, -0.15) is 0 Å². The Morgan fingerprint density at radius 3 is 2.38 bits per heavy atom. The first-order valence-electron chi connectivity index (χ1n) is 6.57. The molecule has 0 saturated heterocycles. The molecule has 0 atom stereocenters. The molecule has 5 nitrogen and oxygen atoms in total. The molecule has 0 spiro atoms. The lowest BCUT2D eigenvalue weighted by atomic mass is 10.1. The van der Waals surface area contributed by atoms with E-state index < -0.39 is 11.9 Å². The van der Waals surface area contributed by atoms with Gasteiger partial charge in [-0.1, -0.05) is 30.3 Å². The van der Waals surface area contributed by atoms with E-state index in [0.717, 1.165) is 5.56 Å². The van der Waals surface area contributed by atoms with Gasteiger partial charge >= 0.3 is 11.9 Å². The first-order chi connectivity index (χ1) is 10.0. The second kappa shape index (κ2) is 8.68. The molecule has 1 aromatic carbocycles.